The van der Waals surface area contributed by atoms with E-state index in [1.54, 1.807) is 6.07 Å². The van der Waals surface area contributed by atoms with E-state index >= 15 is 0 Å². The Morgan fingerprint density at radius 1 is 1.16 bits per heavy atom. The van der Waals surface area contributed by atoms with E-state index in [-0.39, 0.29) is 11.7 Å². The van der Waals surface area contributed by atoms with Gasteiger partial charge in [0.2, 0.25) is 0 Å². The second-order valence-corrected chi connectivity index (χ2v) is 7.64. The van der Waals surface area contributed by atoms with E-state index in [0.29, 0.717) is 43.5 Å². The van der Waals surface area contributed by atoms with Gasteiger partial charge in [-0.3, -0.25) is 4.99 Å². The Bertz CT molecular complexity index is 1030. The van der Waals surface area contributed by atoms with Gasteiger partial charge in [-0.1, -0.05) is 54.5 Å². The molecule has 0 bridgehead atoms. The second kappa shape index (κ2) is 9.75. The Hall–Kier alpha value is -3.19. The van der Waals surface area contributed by atoms with Crippen molar-refractivity contribution in [3.63, 3.8) is 0 Å². The molecular formula is C24H27FN4O2. The lowest BCUT2D eigenvalue weighted by molar-refractivity contribution is 0.0674. The standard InChI is InChI=1S/C24H27FN4O2/c1-17(19-7-8-21(22(25)15-19)18-5-3-2-4-6-18)23-16-20(28-31-23)9-10-27-24(26)29-11-13-30-14-12-29/h2-8,15-17H,9-14H2,1H3,(H2,26,27). The fraction of sp³-hybridized carbons (Fsp3) is 0.333. The van der Waals surface area contributed by atoms with Gasteiger partial charge in [0, 0.05) is 43.6 Å². The first-order valence-electron chi connectivity index (χ1n) is 10.5. The molecule has 0 amide bonds. The molecule has 2 aromatic carbocycles. The van der Waals surface area contributed by atoms with Crippen LogP contribution in [0.2, 0.25) is 0 Å². The maximum Gasteiger partial charge on any atom is 0.191 e. The molecule has 0 radical (unpaired) electrons. The highest BCUT2D eigenvalue weighted by atomic mass is 19.1. The number of benzene rings is 2. The normalized spacial score (nSPS) is 15.8. The Balaban J connectivity index is 1.39. The van der Waals surface area contributed by atoms with Crippen LogP contribution in [-0.2, 0) is 11.2 Å². The van der Waals surface area contributed by atoms with Gasteiger partial charge in [-0.2, -0.15) is 0 Å². The van der Waals surface area contributed by atoms with Gasteiger partial charge < -0.3 is 19.9 Å². The van der Waals surface area contributed by atoms with E-state index in [1.807, 2.05) is 60.4 Å². The molecule has 2 heterocycles. The quantitative estimate of drug-likeness (QED) is 0.483. The molecule has 1 fully saturated rings. The summed E-state index contributed by atoms with van der Waals surface area (Å²) in [6, 6.07) is 16.8. The van der Waals surface area contributed by atoms with Crippen LogP contribution in [0.5, 0.6) is 0 Å². The first kappa shape index (κ1) is 21.1. The van der Waals surface area contributed by atoms with E-state index in [0.717, 1.165) is 29.9 Å². The molecule has 1 aromatic heterocycles. The molecule has 1 unspecified atom stereocenters. The highest BCUT2D eigenvalue weighted by Gasteiger charge is 2.17. The summed E-state index contributed by atoms with van der Waals surface area (Å²) < 4.78 is 25.6. The van der Waals surface area contributed by atoms with Crippen molar-refractivity contribution in [2.75, 3.05) is 32.8 Å². The fourth-order valence-corrected chi connectivity index (χ4v) is 3.64. The van der Waals surface area contributed by atoms with E-state index in [2.05, 4.69) is 10.1 Å². The Kier molecular flexibility index (Phi) is 6.62. The first-order valence-corrected chi connectivity index (χ1v) is 10.5. The van der Waals surface area contributed by atoms with Crippen molar-refractivity contribution in [3.05, 3.63) is 77.4 Å². The summed E-state index contributed by atoms with van der Waals surface area (Å²) in [5.41, 5.74) is 9.15. The lowest BCUT2D eigenvalue weighted by Crippen LogP contribution is -2.44. The van der Waals surface area contributed by atoms with Crippen LogP contribution in [0, 0.1) is 5.82 Å². The van der Waals surface area contributed by atoms with E-state index in [4.69, 9.17) is 15.0 Å². The van der Waals surface area contributed by atoms with Crippen LogP contribution in [-0.4, -0.2) is 48.9 Å². The van der Waals surface area contributed by atoms with Gasteiger partial charge in [-0.05, 0) is 17.2 Å². The average Bonchev–Trinajstić information content (AvgIpc) is 3.28. The van der Waals surface area contributed by atoms with E-state index in [1.165, 1.54) is 0 Å². The molecule has 1 aliphatic rings. The van der Waals surface area contributed by atoms with Crippen molar-refractivity contribution in [1.29, 1.82) is 0 Å². The van der Waals surface area contributed by atoms with Crippen molar-refractivity contribution >= 4 is 5.96 Å². The Morgan fingerprint density at radius 2 is 1.94 bits per heavy atom. The summed E-state index contributed by atoms with van der Waals surface area (Å²) in [6.07, 6.45) is 0.628. The minimum atomic E-state index is -0.247. The Labute approximate surface area is 181 Å². The number of nitrogens with zero attached hydrogens (tertiary/aromatic N) is 3. The largest absolute Gasteiger partial charge is 0.378 e. The summed E-state index contributed by atoms with van der Waals surface area (Å²) in [5.74, 6) is 0.882. The summed E-state index contributed by atoms with van der Waals surface area (Å²) in [6.45, 7) is 5.39. The third-order valence-electron chi connectivity index (χ3n) is 5.56. The van der Waals surface area contributed by atoms with Crippen LogP contribution in [0.25, 0.3) is 11.1 Å². The smallest absolute Gasteiger partial charge is 0.191 e. The minimum absolute atomic E-state index is 0.109. The zero-order valence-electron chi connectivity index (χ0n) is 17.6. The number of rotatable bonds is 6. The predicted molar refractivity (Wildman–Crippen MR) is 118 cm³/mol. The number of ether oxygens (including phenoxy) is 1. The summed E-state index contributed by atoms with van der Waals surface area (Å²) in [5, 5.41) is 4.15. The van der Waals surface area contributed by atoms with Gasteiger partial charge in [0.1, 0.15) is 11.6 Å². The molecule has 0 saturated carbocycles. The zero-order valence-corrected chi connectivity index (χ0v) is 17.6. The van der Waals surface area contributed by atoms with Crippen LogP contribution < -0.4 is 5.73 Å². The molecule has 1 saturated heterocycles. The zero-order chi connectivity index (χ0) is 21.6. The highest BCUT2D eigenvalue weighted by Crippen LogP contribution is 2.29. The van der Waals surface area contributed by atoms with Gasteiger partial charge in [-0.25, -0.2) is 4.39 Å². The van der Waals surface area contributed by atoms with Gasteiger partial charge in [0.05, 0.1) is 18.9 Å². The van der Waals surface area contributed by atoms with Crippen LogP contribution in [0.15, 0.2) is 64.1 Å². The van der Waals surface area contributed by atoms with Gasteiger partial charge in [0.15, 0.2) is 5.96 Å². The summed E-state index contributed by atoms with van der Waals surface area (Å²) in [7, 11) is 0. The van der Waals surface area contributed by atoms with Crippen molar-refractivity contribution in [1.82, 2.24) is 10.1 Å². The molecule has 7 heteroatoms. The number of halogens is 1. The highest BCUT2D eigenvalue weighted by molar-refractivity contribution is 5.78. The predicted octanol–water partition coefficient (Wildman–Crippen LogP) is 3.82. The summed E-state index contributed by atoms with van der Waals surface area (Å²) in [4.78, 5) is 6.46. The first-order chi connectivity index (χ1) is 15.1. The average molecular weight is 423 g/mol. The molecule has 1 aliphatic heterocycles. The van der Waals surface area contributed by atoms with Crippen molar-refractivity contribution < 1.29 is 13.7 Å². The number of aromatic nitrogens is 1. The minimum Gasteiger partial charge on any atom is -0.378 e. The van der Waals surface area contributed by atoms with Crippen molar-refractivity contribution in [3.8, 4) is 11.1 Å². The molecule has 0 spiro atoms. The summed E-state index contributed by atoms with van der Waals surface area (Å²) >= 11 is 0. The van der Waals surface area contributed by atoms with Crippen LogP contribution >= 0.6 is 0 Å². The number of aliphatic imine (C=N–C) groups is 1. The SMILES string of the molecule is CC(c1ccc(-c2ccccc2)c(F)c1)c1cc(CC/N=C(/N)N2CCOCC2)no1. The van der Waals surface area contributed by atoms with Gasteiger partial charge >= 0.3 is 0 Å². The monoisotopic (exact) mass is 422 g/mol. The van der Waals surface area contributed by atoms with Gasteiger partial charge in [0.25, 0.3) is 0 Å². The third-order valence-corrected chi connectivity index (χ3v) is 5.56. The molecule has 31 heavy (non-hydrogen) atoms. The molecule has 6 nitrogen and oxygen atoms in total. The number of hydrogen-bond donors (Lipinski definition) is 1. The molecule has 2 N–H and O–H groups in total. The fourth-order valence-electron chi connectivity index (χ4n) is 3.64. The van der Waals surface area contributed by atoms with Crippen molar-refractivity contribution in [2.45, 2.75) is 19.3 Å². The third kappa shape index (κ3) is 5.11. The van der Waals surface area contributed by atoms with Crippen LogP contribution in [0.3, 0.4) is 0 Å². The molecule has 3 aromatic rings. The molecular weight excluding hydrogens is 395 g/mol. The number of hydrogen-bond acceptors (Lipinski definition) is 4. The number of guanidine groups is 1. The number of morpholine rings is 1. The molecule has 1 atom stereocenters. The van der Waals surface area contributed by atoms with Crippen LogP contribution in [0.1, 0.15) is 29.9 Å². The number of nitrogens with two attached hydrogens (primary N) is 1. The topological polar surface area (TPSA) is 76.9 Å². The van der Waals surface area contributed by atoms with Crippen molar-refractivity contribution in [2.24, 2.45) is 10.7 Å². The molecule has 4 rings (SSSR count). The molecule has 162 valence electrons. The second-order valence-electron chi connectivity index (χ2n) is 7.64. The lowest BCUT2D eigenvalue weighted by atomic mass is 9.95. The maximum absolute atomic E-state index is 14.7. The Morgan fingerprint density at radius 3 is 2.68 bits per heavy atom. The van der Waals surface area contributed by atoms with E-state index < -0.39 is 0 Å². The lowest BCUT2D eigenvalue weighted by Gasteiger charge is -2.27. The molecule has 0 aliphatic carbocycles. The van der Waals surface area contributed by atoms with Crippen LogP contribution in [0.4, 0.5) is 4.39 Å². The van der Waals surface area contributed by atoms with E-state index in [9.17, 15) is 4.39 Å². The maximum atomic E-state index is 14.7. The van der Waals surface area contributed by atoms with Gasteiger partial charge in [-0.15, -0.1) is 0 Å².